The van der Waals surface area contributed by atoms with Crippen molar-refractivity contribution in [2.24, 2.45) is 0 Å². The summed E-state index contributed by atoms with van der Waals surface area (Å²) in [5, 5.41) is 4.37. The van der Waals surface area contributed by atoms with Gasteiger partial charge in [-0.15, -0.1) is 0 Å². The molecule has 0 atom stereocenters. The lowest BCUT2D eigenvalue weighted by Gasteiger charge is -2.02. The molecule has 0 aliphatic rings. The van der Waals surface area contributed by atoms with Crippen molar-refractivity contribution in [2.75, 3.05) is 5.73 Å². The Kier molecular flexibility index (Phi) is 3.52. The second-order valence-electron chi connectivity index (χ2n) is 4.49. The molecule has 0 unspecified atom stereocenters. The fraction of sp³-hybridized carbons (Fsp3) is 0.0667. The lowest BCUT2D eigenvalue weighted by molar-refractivity contribution is 0.687. The monoisotopic (exact) mass is 328 g/mol. The van der Waals surface area contributed by atoms with Gasteiger partial charge >= 0.3 is 0 Å². The Bertz CT molecular complexity index is 719. The first kappa shape index (κ1) is 12.9. The van der Waals surface area contributed by atoms with Crippen LogP contribution < -0.4 is 5.73 Å². The summed E-state index contributed by atoms with van der Waals surface area (Å²) in [4.78, 5) is 4.09. The van der Waals surface area contributed by atoms with Gasteiger partial charge in [0.15, 0.2) is 0 Å². The van der Waals surface area contributed by atoms with Gasteiger partial charge in [0.25, 0.3) is 0 Å². The molecule has 0 saturated carbocycles. The highest BCUT2D eigenvalue weighted by Gasteiger charge is 2.06. The smallest absolute Gasteiger partial charge is 0.131 e. The Morgan fingerprint density at radius 1 is 1.15 bits per heavy atom. The van der Waals surface area contributed by atoms with Crippen molar-refractivity contribution in [3.8, 4) is 11.1 Å². The first-order valence-electron chi connectivity index (χ1n) is 6.20. The summed E-state index contributed by atoms with van der Waals surface area (Å²) in [7, 11) is 0. The van der Waals surface area contributed by atoms with Crippen molar-refractivity contribution >= 4 is 21.7 Å². The molecule has 2 aromatic heterocycles. The molecule has 2 heterocycles. The van der Waals surface area contributed by atoms with Crippen molar-refractivity contribution in [1.29, 1.82) is 0 Å². The van der Waals surface area contributed by atoms with E-state index in [1.165, 1.54) is 5.56 Å². The number of benzene rings is 1. The van der Waals surface area contributed by atoms with Crippen LogP contribution in [-0.4, -0.2) is 14.8 Å². The maximum atomic E-state index is 5.88. The number of halogens is 1. The molecule has 0 saturated heterocycles. The molecule has 0 aliphatic heterocycles. The van der Waals surface area contributed by atoms with Gasteiger partial charge in [0.1, 0.15) is 5.82 Å². The van der Waals surface area contributed by atoms with E-state index in [2.05, 4.69) is 38.1 Å². The molecule has 0 fully saturated rings. The van der Waals surface area contributed by atoms with E-state index in [9.17, 15) is 0 Å². The van der Waals surface area contributed by atoms with E-state index in [1.54, 1.807) is 6.20 Å². The Balaban J connectivity index is 1.84. The van der Waals surface area contributed by atoms with Crippen LogP contribution in [0, 0.1) is 0 Å². The fourth-order valence-electron chi connectivity index (χ4n) is 2.03. The first-order chi connectivity index (χ1) is 9.72. The lowest BCUT2D eigenvalue weighted by atomic mass is 10.1. The third-order valence-electron chi connectivity index (χ3n) is 3.04. The van der Waals surface area contributed by atoms with E-state index in [0.717, 1.165) is 22.1 Å². The third kappa shape index (κ3) is 2.72. The number of hydrogen-bond acceptors (Lipinski definition) is 3. The number of nitrogen functional groups attached to an aromatic ring is 1. The Morgan fingerprint density at radius 2 is 1.95 bits per heavy atom. The van der Waals surface area contributed by atoms with Crippen molar-refractivity contribution < 1.29 is 0 Å². The zero-order valence-electron chi connectivity index (χ0n) is 10.7. The molecule has 0 spiro atoms. The summed E-state index contributed by atoms with van der Waals surface area (Å²) in [5.74, 6) is 0.524. The molecular weight excluding hydrogens is 316 g/mol. The minimum absolute atomic E-state index is 0.524. The summed E-state index contributed by atoms with van der Waals surface area (Å²) in [5.41, 5.74) is 8.96. The van der Waals surface area contributed by atoms with Gasteiger partial charge in [-0.1, -0.05) is 28.1 Å². The van der Waals surface area contributed by atoms with Crippen LogP contribution in [0.5, 0.6) is 0 Å². The average Bonchev–Trinajstić information content (AvgIpc) is 2.90. The number of rotatable bonds is 3. The SMILES string of the molecule is Nc1ncccc1-c1cnn(Cc2ccc(Br)cc2)c1. The normalized spacial score (nSPS) is 10.7. The largest absolute Gasteiger partial charge is 0.383 e. The van der Waals surface area contributed by atoms with E-state index in [-0.39, 0.29) is 0 Å². The van der Waals surface area contributed by atoms with Gasteiger partial charge in [-0.05, 0) is 29.8 Å². The lowest BCUT2D eigenvalue weighted by Crippen LogP contribution is -1.99. The van der Waals surface area contributed by atoms with E-state index in [4.69, 9.17) is 5.73 Å². The molecule has 20 heavy (non-hydrogen) atoms. The topological polar surface area (TPSA) is 56.7 Å². The highest BCUT2D eigenvalue weighted by molar-refractivity contribution is 9.10. The van der Waals surface area contributed by atoms with Crippen molar-refractivity contribution in [3.05, 3.63) is 65.0 Å². The van der Waals surface area contributed by atoms with Crippen molar-refractivity contribution in [1.82, 2.24) is 14.8 Å². The summed E-state index contributed by atoms with van der Waals surface area (Å²) >= 11 is 3.43. The van der Waals surface area contributed by atoms with E-state index >= 15 is 0 Å². The number of hydrogen-bond donors (Lipinski definition) is 1. The van der Waals surface area contributed by atoms with E-state index < -0.39 is 0 Å². The molecule has 3 rings (SSSR count). The standard InChI is InChI=1S/C15H13BrN4/c16-13-5-3-11(4-6-13)9-20-10-12(8-19-20)14-2-1-7-18-15(14)17/h1-8,10H,9H2,(H2,17,18). The first-order valence-corrected chi connectivity index (χ1v) is 6.99. The quantitative estimate of drug-likeness (QED) is 0.802. The van der Waals surface area contributed by atoms with Gasteiger partial charge in [0.05, 0.1) is 12.7 Å². The minimum atomic E-state index is 0.524. The van der Waals surface area contributed by atoms with Crippen molar-refractivity contribution in [3.63, 3.8) is 0 Å². The van der Waals surface area contributed by atoms with Gasteiger partial charge in [0.2, 0.25) is 0 Å². The fourth-order valence-corrected chi connectivity index (χ4v) is 2.29. The Hall–Kier alpha value is -2.14. The molecular formula is C15H13BrN4. The molecule has 100 valence electrons. The summed E-state index contributed by atoms with van der Waals surface area (Å²) in [6.07, 6.45) is 5.48. The number of nitrogens with two attached hydrogens (primary N) is 1. The molecule has 5 heteroatoms. The second-order valence-corrected chi connectivity index (χ2v) is 5.40. The number of aromatic nitrogens is 3. The predicted octanol–water partition coefficient (Wildman–Crippen LogP) is 3.34. The van der Waals surface area contributed by atoms with Crippen LogP contribution >= 0.6 is 15.9 Å². The third-order valence-corrected chi connectivity index (χ3v) is 3.57. The highest BCUT2D eigenvalue weighted by Crippen LogP contribution is 2.23. The van der Waals surface area contributed by atoms with Crippen LogP contribution in [0.15, 0.2) is 59.5 Å². The summed E-state index contributed by atoms with van der Waals surface area (Å²) < 4.78 is 2.97. The van der Waals surface area contributed by atoms with Crippen LogP contribution in [0.25, 0.3) is 11.1 Å². The van der Waals surface area contributed by atoms with Crippen LogP contribution in [0.2, 0.25) is 0 Å². The number of anilines is 1. The van der Waals surface area contributed by atoms with Gasteiger partial charge < -0.3 is 5.73 Å². The zero-order valence-corrected chi connectivity index (χ0v) is 12.3. The summed E-state index contributed by atoms with van der Waals surface area (Å²) in [6.45, 7) is 0.730. The zero-order chi connectivity index (χ0) is 13.9. The summed E-state index contributed by atoms with van der Waals surface area (Å²) in [6, 6.07) is 12.0. The second kappa shape index (κ2) is 5.46. The van der Waals surface area contributed by atoms with Crippen LogP contribution in [0.4, 0.5) is 5.82 Å². The minimum Gasteiger partial charge on any atom is -0.383 e. The molecule has 1 aromatic carbocycles. The maximum Gasteiger partial charge on any atom is 0.131 e. The Labute approximate surface area is 125 Å². The number of nitrogens with zero attached hydrogens (tertiary/aromatic N) is 3. The molecule has 3 aromatic rings. The van der Waals surface area contributed by atoms with Gasteiger partial charge in [-0.25, -0.2) is 4.98 Å². The van der Waals surface area contributed by atoms with Crippen LogP contribution in [0.3, 0.4) is 0 Å². The Morgan fingerprint density at radius 3 is 2.70 bits per heavy atom. The van der Waals surface area contributed by atoms with Gasteiger partial charge in [-0.2, -0.15) is 5.10 Å². The van der Waals surface area contributed by atoms with E-state index in [0.29, 0.717) is 5.82 Å². The van der Waals surface area contributed by atoms with Crippen molar-refractivity contribution in [2.45, 2.75) is 6.54 Å². The molecule has 2 N–H and O–H groups in total. The van der Waals surface area contributed by atoms with Crippen LogP contribution in [-0.2, 0) is 6.54 Å². The van der Waals surface area contributed by atoms with E-state index in [1.807, 2.05) is 41.3 Å². The maximum absolute atomic E-state index is 5.88. The molecule has 0 radical (unpaired) electrons. The van der Waals surface area contributed by atoms with Gasteiger partial charge in [-0.3, -0.25) is 4.68 Å². The van der Waals surface area contributed by atoms with Gasteiger partial charge in [0, 0.05) is 28.0 Å². The molecule has 0 aliphatic carbocycles. The molecule has 0 bridgehead atoms. The van der Waals surface area contributed by atoms with Crippen LogP contribution in [0.1, 0.15) is 5.56 Å². The number of pyridine rings is 1. The average molecular weight is 329 g/mol. The predicted molar refractivity (Wildman–Crippen MR) is 83.1 cm³/mol. The highest BCUT2D eigenvalue weighted by atomic mass is 79.9. The molecule has 4 nitrogen and oxygen atoms in total. The molecule has 0 amide bonds.